The summed E-state index contributed by atoms with van der Waals surface area (Å²) in [5, 5.41) is 7.41. The second-order valence-electron chi connectivity index (χ2n) is 35.9. The number of hydrogen-bond donors (Lipinski definition) is 0. The van der Waals surface area contributed by atoms with Crippen molar-refractivity contribution in [2.24, 2.45) is 0 Å². The largest absolute Gasteiger partial charge is 0.309 e. The lowest BCUT2D eigenvalue weighted by molar-refractivity contribution is 0.660. The van der Waals surface area contributed by atoms with Crippen molar-refractivity contribution in [2.75, 3.05) is 0 Å². The van der Waals surface area contributed by atoms with Gasteiger partial charge in [0.15, 0.2) is 40.8 Å². The van der Waals surface area contributed by atoms with Crippen molar-refractivity contribution < 1.29 is 0 Å². The van der Waals surface area contributed by atoms with Crippen LogP contribution in [-0.2, 0) is 16.2 Å². The molecule has 0 unspecified atom stereocenters. The van der Waals surface area contributed by atoms with E-state index in [9.17, 15) is 0 Å². The fourth-order valence-corrected chi connectivity index (χ4v) is 20.8. The Labute approximate surface area is 764 Å². The predicted octanol–water partition coefficient (Wildman–Crippen LogP) is 29.2. The van der Waals surface area contributed by atoms with E-state index in [-0.39, 0.29) is 16.2 Å². The number of aromatic nitrogens is 12. The van der Waals surface area contributed by atoms with Crippen LogP contribution < -0.4 is 0 Å². The van der Waals surface area contributed by atoms with Gasteiger partial charge in [0.25, 0.3) is 0 Å². The first-order valence-electron chi connectivity index (χ1n) is 45.1. The molecule has 132 heavy (non-hydrogen) atoms. The lowest BCUT2D eigenvalue weighted by Gasteiger charge is -2.21. The average Bonchev–Trinajstić information content (AvgIpc) is 1.55. The molecule has 6 heterocycles. The van der Waals surface area contributed by atoms with Gasteiger partial charge in [-0.2, -0.15) is 19.9 Å². The van der Waals surface area contributed by atoms with Gasteiger partial charge < -0.3 is 4.57 Å². The first-order valence-corrected chi connectivity index (χ1v) is 45.1. The highest BCUT2D eigenvalue weighted by atomic mass is 15.2. The van der Waals surface area contributed by atoms with E-state index in [4.69, 9.17) is 44.9 Å². The molecular weight excluding hydrogens is 1610 g/mol. The van der Waals surface area contributed by atoms with E-state index >= 15 is 0 Å². The van der Waals surface area contributed by atoms with Crippen molar-refractivity contribution in [1.82, 2.24) is 58.6 Å². The molecule has 0 N–H and O–H groups in total. The highest BCUT2D eigenvalue weighted by Crippen LogP contribution is 2.57. The molecule has 6 aromatic heterocycles. The maximum absolute atomic E-state index is 5.18. The maximum Gasteiger partial charge on any atom is 0.238 e. The molecule has 0 spiro atoms. The van der Waals surface area contributed by atoms with E-state index in [1.165, 1.54) is 116 Å². The van der Waals surface area contributed by atoms with E-state index in [2.05, 4.69) is 310 Å². The molecule has 23 aromatic rings. The Morgan fingerprint density at radius 3 is 0.811 bits per heavy atom. The summed E-state index contributed by atoms with van der Waals surface area (Å²) < 4.78 is 6.84. The molecule has 0 aliphatic heterocycles. The van der Waals surface area contributed by atoms with Gasteiger partial charge in [-0.1, -0.05) is 406 Å². The zero-order valence-corrected chi connectivity index (χ0v) is 73.6. The van der Waals surface area contributed by atoms with E-state index in [0.29, 0.717) is 52.7 Å². The van der Waals surface area contributed by atoms with Crippen LogP contribution in [0.3, 0.4) is 0 Å². The van der Waals surface area contributed by atoms with E-state index in [0.717, 1.165) is 72.3 Å². The third-order valence-electron chi connectivity index (χ3n) is 27.2. The summed E-state index contributed by atoms with van der Waals surface area (Å²) >= 11 is 0. The van der Waals surface area contributed by atoms with Gasteiger partial charge in [0, 0.05) is 93.2 Å². The van der Waals surface area contributed by atoms with Crippen LogP contribution in [0.1, 0.15) is 74.9 Å². The molecule has 17 aromatic carbocycles. The zero-order valence-electron chi connectivity index (χ0n) is 73.6. The van der Waals surface area contributed by atoms with Crippen molar-refractivity contribution in [2.45, 2.75) is 57.8 Å². The molecular formula is C120H86N12. The molecule has 0 bridgehead atoms. The fraction of sp³-hybridized carbons (Fsp3) is 0.0750. The monoisotopic (exact) mass is 1690 g/mol. The normalized spacial score (nSPS) is 13.3. The average molecular weight is 1700 g/mol. The van der Waals surface area contributed by atoms with Gasteiger partial charge in [0.1, 0.15) is 0 Å². The first kappa shape index (κ1) is 78.6. The molecule has 0 radical (unpaired) electrons. The molecule has 26 rings (SSSR count). The molecule has 3 aliphatic rings. The van der Waals surface area contributed by atoms with Crippen molar-refractivity contribution >= 4 is 65.4 Å². The van der Waals surface area contributed by atoms with E-state index in [1.807, 2.05) is 158 Å². The number of rotatable bonds is 11. The first-order chi connectivity index (χ1) is 64.8. The standard InChI is InChI=1S/2C42H30N4.C36H26N4/c1-42(2)33-21-13-12-20-31(33)37-34(42)24-25-35-38(37)32-23-22-30(27-14-6-3-7-15-27)26-36(32)46(35)41-44-39(28-16-8-4-9-17-28)43-40(45-41)29-18-10-5-11-19-29;1-42(2)33-22-11-9-20-31(33)37-34(42)24-25-36-38(37)32-21-10-12-23-35(32)46(36)30-19-13-18-29(26-30)41-44-39(27-14-5-3-6-15-27)43-40(45-41)28-16-7-4-8-17-28;1-36(2)27-19-11-9-17-25(27)31-28(36)21-22-30-32(31)26-18-10-12-20-29(26)40(30)35-38-33(23-13-5-3-6-14-23)37-34(39-35)24-15-7-4-8-16-24/h2*3-26H,1-2H3;3-22H,1-2H3. The van der Waals surface area contributed by atoms with Gasteiger partial charge in [-0.15, -0.1) is 0 Å². The molecule has 0 saturated carbocycles. The Kier molecular flexibility index (Phi) is 18.6. The number of benzene rings is 17. The summed E-state index contributed by atoms with van der Waals surface area (Å²) in [4.78, 5) is 45.3. The van der Waals surface area contributed by atoms with Gasteiger partial charge in [0.05, 0.1) is 33.1 Å². The van der Waals surface area contributed by atoms with Gasteiger partial charge in [-0.25, -0.2) is 24.9 Å². The maximum atomic E-state index is 5.18. The lowest BCUT2D eigenvalue weighted by atomic mass is 9.82. The Morgan fingerprint density at radius 1 is 0.174 bits per heavy atom. The summed E-state index contributed by atoms with van der Waals surface area (Å²) in [7, 11) is 0. The third kappa shape index (κ3) is 12.9. The van der Waals surface area contributed by atoms with Crippen LogP contribution in [-0.4, -0.2) is 58.6 Å². The second kappa shape index (κ2) is 31.3. The summed E-state index contributed by atoms with van der Waals surface area (Å²) in [6.45, 7) is 14.0. The fourth-order valence-electron chi connectivity index (χ4n) is 20.8. The minimum atomic E-state index is -0.105. The molecule has 0 saturated heterocycles. The van der Waals surface area contributed by atoms with E-state index in [1.54, 1.807) is 0 Å². The van der Waals surface area contributed by atoms with Crippen LogP contribution >= 0.6 is 0 Å². The summed E-state index contributed by atoms with van der Waals surface area (Å²) in [6, 6.07) is 144. The highest BCUT2D eigenvalue weighted by molar-refractivity contribution is 6.21. The van der Waals surface area contributed by atoms with Crippen LogP contribution in [0.4, 0.5) is 0 Å². The highest BCUT2D eigenvalue weighted by Gasteiger charge is 2.41. The minimum absolute atomic E-state index is 0.0607. The molecule has 0 fully saturated rings. The lowest BCUT2D eigenvalue weighted by Crippen LogP contribution is -2.14. The number of para-hydroxylation sites is 2. The Hall–Kier alpha value is -16.8. The van der Waals surface area contributed by atoms with Crippen molar-refractivity contribution in [3.63, 3.8) is 0 Å². The van der Waals surface area contributed by atoms with Crippen molar-refractivity contribution in [1.29, 1.82) is 0 Å². The number of fused-ring (bicyclic) bond motifs is 21. The topological polar surface area (TPSA) is 131 Å². The predicted molar refractivity (Wildman–Crippen MR) is 539 cm³/mol. The minimum Gasteiger partial charge on any atom is -0.309 e. The van der Waals surface area contributed by atoms with Crippen molar-refractivity contribution in [3.05, 3.63) is 446 Å². The molecule has 12 nitrogen and oxygen atoms in total. The van der Waals surface area contributed by atoms with Crippen LogP contribution in [0.15, 0.2) is 413 Å². The molecule has 0 amide bonds. The van der Waals surface area contributed by atoms with Gasteiger partial charge in [-0.05, 0) is 126 Å². The zero-order chi connectivity index (χ0) is 88.5. The second-order valence-corrected chi connectivity index (χ2v) is 35.9. The quantitative estimate of drug-likeness (QED) is 0.124. The summed E-state index contributed by atoms with van der Waals surface area (Å²) in [5.74, 6) is 5.77. The van der Waals surface area contributed by atoms with E-state index < -0.39 is 0 Å². The summed E-state index contributed by atoms with van der Waals surface area (Å²) in [5.41, 5.74) is 32.6. The molecule has 0 atom stereocenters. The van der Waals surface area contributed by atoms with Gasteiger partial charge in [-0.3, -0.25) is 9.13 Å². The van der Waals surface area contributed by atoms with Gasteiger partial charge >= 0.3 is 0 Å². The van der Waals surface area contributed by atoms with Crippen LogP contribution in [0.5, 0.6) is 0 Å². The molecule has 626 valence electrons. The van der Waals surface area contributed by atoms with Crippen LogP contribution in [0, 0.1) is 0 Å². The SMILES string of the molecule is CC1(C)c2ccccc2-c2c1ccc1c2c2ccc(-c3ccccc3)cc2n1-c1nc(-c2ccccc2)nc(-c2ccccc2)n1.CC1(C)c2ccccc2-c2c1ccc1c2c2ccccc2n1-c1cccc(-c2nc(-c3ccccc3)nc(-c3ccccc3)n2)c1.CC1(C)c2ccccc2-c2c1ccc1c2c2ccccc2n1-c1nc(-c2ccccc2)nc(-c2ccccc2)n1. The third-order valence-corrected chi connectivity index (χ3v) is 27.2. The van der Waals surface area contributed by atoms with Crippen molar-refractivity contribution in [3.8, 4) is 142 Å². The Bertz CT molecular complexity index is 8340. The summed E-state index contributed by atoms with van der Waals surface area (Å²) in [6.07, 6.45) is 0. The number of hydrogen-bond acceptors (Lipinski definition) is 9. The number of nitrogens with zero attached hydrogens (tertiary/aromatic N) is 12. The molecule has 12 heteroatoms. The Balaban J connectivity index is 0.000000110. The van der Waals surface area contributed by atoms with Crippen LogP contribution in [0.2, 0.25) is 0 Å². The molecule has 3 aliphatic carbocycles. The van der Waals surface area contributed by atoms with Gasteiger partial charge in [0.2, 0.25) is 11.9 Å². The van der Waals surface area contributed by atoms with Crippen LogP contribution in [0.25, 0.3) is 207 Å². The smallest absolute Gasteiger partial charge is 0.238 e. The Morgan fingerprint density at radius 2 is 0.447 bits per heavy atom.